The first-order chi connectivity index (χ1) is 7.31. The van der Waals surface area contributed by atoms with Crippen molar-refractivity contribution in [2.24, 2.45) is 11.8 Å². The minimum Gasteiger partial charge on any atom is -0.338 e. The number of carbonyl (C=O) groups is 1. The van der Waals surface area contributed by atoms with E-state index in [1.54, 1.807) is 0 Å². The zero-order valence-electron chi connectivity index (χ0n) is 9.41. The molecule has 3 nitrogen and oxygen atoms in total. The number of nitrogens with zero attached hydrogens (tertiary/aromatic N) is 1. The standard InChI is InChI=1S/C12H20N2O/c1-2-7-13-12(15)14-8-10-5-3-4-6-11(10)9-14/h3-4,10-11H,2,5-9H2,1H3,(H,13,15). The average Bonchev–Trinajstić information content (AvgIpc) is 2.69. The molecular formula is C12H20N2O. The van der Waals surface area contributed by atoms with Crippen molar-refractivity contribution < 1.29 is 4.79 Å². The Bertz CT molecular complexity index is 246. The highest BCUT2D eigenvalue weighted by molar-refractivity contribution is 5.74. The molecule has 1 aliphatic heterocycles. The van der Waals surface area contributed by atoms with Crippen molar-refractivity contribution >= 4 is 6.03 Å². The molecule has 2 rings (SSSR count). The third-order valence-electron chi connectivity index (χ3n) is 3.43. The smallest absolute Gasteiger partial charge is 0.317 e. The van der Waals surface area contributed by atoms with Crippen LogP contribution in [0.1, 0.15) is 26.2 Å². The molecule has 0 bridgehead atoms. The molecule has 0 spiro atoms. The first-order valence-electron chi connectivity index (χ1n) is 5.99. The van der Waals surface area contributed by atoms with Gasteiger partial charge in [0.25, 0.3) is 0 Å². The van der Waals surface area contributed by atoms with Crippen LogP contribution in [0.2, 0.25) is 0 Å². The van der Waals surface area contributed by atoms with E-state index in [-0.39, 0.29) is 6.03 Å². The summed E-state index contributed by atoms with van der Waals surface area (Å²) in [7, 11) is 0. The summed E-state index contributed by atoms with van der Waals surface area (Å²) in [5.74, 6) is 1.42. The summed E-state index contributed by atoms with van der Waals surface area (Å²) in [6.07, 6.45) is 7.83. The van der Waals surface area contributed by atoms with Crippen LogP contribution in [0.5, 0.6) is 0 Å². The van der Waals surface area contributed by atoms with Gasteiger partial charge in [-0.2, -0.15) is 0 Å². The molecule has 1 aliphatic carbocycles. The molecule has 1 heterocycles. The number of hydrogen-bond donors (Lipinski definition) is 1. The quantitative estimate of drug-likeness (QED) is 0.692. The molecule has 84 valence electrons. The van der Waals surface area contributed by atoms with Gasteiger partial charge in [0.2, 0.25) is 0 Å². The van der Waals surface area contributed by atoms with Gasteiger partial charge in [-0.25, -0.2) is 4.79 Å². The molecule has 2 aliphatic rings. The molecular weight excluding hydrogens is 188 g/mol. The topological polar surface area (TPSA) is 32.3 Å². The van der Waals surface area contributed by atoms with Crippen molar-refractivity contribution in [2.75, 3.05) is 19.6 Å². The lowest BCUT2D eigenvalue weighted by atomic mass is 9.86. The monoisotopic (exact) mass is 208 g/mol. The fourth-order valence-electron chi connectivity index (χ4n) is 2.52. The fourth-order valence-corrected chi connectivity index (χ4v) is 2.52. The maximum atomic E-state index is 11.7. The lowest BCUT2D eigenvalue weighted by Crippen LogP contribution is -2.39. The molecule has 0 radical (unpaired) electrons. The molecule has 3 heteroatoms. The van der Waals surface area contributed by atoms with E-state index in [1.807, 2.05) is 4.90 Å². The largest absolute Gasteiger partial charge is 0.338 e. The highest BCUT2D eigenvalue weighted by Crippen LogP contribution is 2.32. The van der Waals surface area contributed by atoms with E-state index < -0.39 is 0 Å². The molecule has 0 aromatic carbocycles. The average molecular weight is 208 g/mol. The van der Waals surface area contributed by atoms with Crippen molar-refractivity contribution in [3.8, 4) is 0 Å². The number of likely N-dealkylation sites (tertiary alicyclic amines) is 1. The lowest BCUT2D eigenvalue weighted by molar-refractivity contribution is 0.206. The molecule has 2 atom stereocenters. The molecule has 0 aromatic rings. The molecule has 1 fully saturated rings. The van der Waals surface area contributed by atoms with E-state index in [1.165, 1.54) is 0 Å². The molecule has 0 aromatic heterocycles. The van der Waals surface area contributed by atoms with E-state index in [0.29, 0.717) is 11.8 Å². The zero-order valence-corrected chi connectivity index (χ0v) is 9.41. The van der Waals surface area contributed by atoms with Crippen molar-refractivity contribution in [1.82, 2.24) is 10.2 Å². The van der Waals surface area contributed by atoms with Gasteiger partial charge in [-0.15, -0.1) is 0 Å². The first kappa shape index (κ1) is 10.5. The number of urea groups is 1. The maximum Gasteiger partial charge on any atom is 0.317 e. The van der Waals surface area contributed by atoms with E-state index in [9.17, 15) is 4.79 Å². The Morgan fingerprint density at radius 2 is 1.93 bits per heavy atom. The van der Waals surface area contributed by atoms with Gasteiger partial charge in [-0.05, 0) is 31.1 Å². The van der Waals surface area contributed by atoms with Crippen LogP contribution >= 0.6 is 0 Å². The van der Waals surface area contributed by atoms with Gasteiger partial charge in [0.05, 0.1) is 0 Å². The highest BCUT2D eigenvalue weighted by Gasteiger charge is 2.34. The van der Waals surface area contributed by atoms with Gasteiger partial charge in [-0.3, -0.25) is 0 Å². The van der Waals surface area contributed by atoms with Crippen LogP contribution in [-0.2, 0) is 0 Å². The molecule has 1 saturated heterocycles. The van der Waals surface area contributed by atoms with Crippen molar-refractivity contribution in [3.05, 3.63) is 12.2 Å². The van der Waals surface area contributed by atoms with Gasteiger partial charge >= 0.3 is 6.03 Å². The third-order valence-corrected chi connectivity index (χ3v) is 3.43. The summed E-state index contributed by atoms with van der Waals surface area (Å²) in [6.45, 7) is 4.77. The van der Waals surface area contributed by atoms with Crippen LogP contribution < -0.4 is 5.32 Å². The highest BCUT2D eigenvalue weighted by atomic mass is 16.2. The Morgan fingerprint density at radius 1 is 1.33 bits per heavy atom. The minimum absolute atomic E-state index is 0.131. The summed E-state index contributed by atoms with van der Waals surface area (Å²) in [4.78, 5) is 13.7. The van der Waals surface area contributed by atoms with Crippen LogP contribution in [0.25, 0.3) is 0 Å². The van der Waals surface area contributed by atoms with Crippen LogP contribution in [-0.4, -0.2) is 30.6 Å². The van der Waals surface area contributed by atoms with Crippen molar-refractivity contribution in [2.45, 2.75) is 26.2 Å². The zero-order chi connectivity index (χ0) is 10.7. The normalized spacial score (nSPS) is 29.0. The van der Waals surface area contributed by atoms with Crippen LogP contribution in [0.3, 0.4) is 0 Å². The molecule has 1 N–H and O–H groups in total. The number of rotatable bonds is 2. The predicted molar refractivity (Wildman–Crippen MR) is 60.6 cm³/mol. The second-order valence-electron chi connectivity index (χ2n) is 4.60. The Hall–Kier alpha value is -0.990. The third kappa shape index (κ3) is 2.33. The fraction of sp³-hybridized carbons (Fsp3) is 0.750. The van der Waals surface area contributed by atoms with Crippen molar-refractivity contribution in [1.29, 1.82) is 0 Å². The van der Waals surface area contributed by atoms with Gasteiger partial charge in [0.1, 0.15) is 0 Å². The molecule has 2 unspecified atom stereocenters. The number of hydrogen-bond acceptors (Lipinski definition) is 1. The summed E-state index contributed by atoms with van der Waals surface area (Å²) < 4.78 is 0. The van der Waals surface area contributed by atoms with Gasteiger partial charge in [0, 0.05) is 19.6 Å². The summed E-state index contributed by atoms with van der Waals surface area (Å²) in [5.41, 5.74) is 0. The van der Waals surface area contributed by atoms with Crippen LogP contribution in [0.4, 0.5) is 4.79 Å². The van der Waals surface area contributed by atoms with Gasteiger partial charge in [-0.1, -0.05) is 19.1 Å². The molecule has 0 saturated carbocycles. The van der Waals surface area contributed by atoms with E-state index in [2.05, 4.69) is 24.4 Å². The SMILES string of the molecule is CCCNC(=O)N1CC2CC=CCC2C1. The van der Waals surface area contributed by atoms with Crippen LogP contribution in [0, 0.1) is 11.8 Å². The maximum absolute atomic E-state index is 11.7. The van der Waals surface area contributed by atoms with Gasteiger partial charge < -0.3 is 10.2 Å². The van der Waals surface area contributed by atoms with Crippen molar-refractivity contribution in [3.63, 3.8) is 0 Å². The molecule has 15 heavy (non-hydrogen) atoms. The van der Waals surface area contributed by atoms with E-state index in [0.717, 1.165) is 38.9 Å². The summed E-state index contributed by atoms with van der Waals surface area (Å²) in [6, 6.07) is 0.131. The molecule has 2 amide bonds. The van der Waals surface area contributed by atoms with Crippen LogP contribution in [0.15, 0.2) is 12.2 Å². The first-order valence-corrected chi connectivity index (χ1v) is 5.99. The minimum atomic E-state index is 0.131. The summed E-state index contributed by atoms with van der Waals surface area (Å²) in [5, 5.41) is 2.95. The number of amides is 2. The Labute approximate surface area is 91.5 Å². The van der Waals surface area contributed by atoms with E-state index in [4.69, 9.17) is 0 Å². The Morgan fingerprint density at radius 3 is 2.47 bits per heavy atom. The number of fused-ring (bicyclic) bond motifs is 1. The van der Waals surface area contributed by atoms with Gasteiger partial charge in [0.15, 0.2) is 0 Å². The van der Waals surface area contributed by atoms with E-state index >= 15 is 0 Å². The second-order valence-corrected chi connectivity index (χ2v) is 4.60. The Kier molecular flexibility index (Phi) is 3.29. The second kappa shape index (κ2) is 4.69. The Balaban J connectivity index is 1.84. The predicted octanol–water partition coefficient (Wildman–Crippen LogP) is 2.00. The number of nitrogens with one attached hydrogen (secondary N) is 1. The summed E-state index contributed by atoms with van der Waals surface area (Å²) >= 11 is 0. The number of carbonyl (C=O) groups excluding carboxylic acids is 1. The number of allylic oxidation sites excluding steroid dienone is 2. The lowest BCUT2D eigenvalue weighted by Gasteiger charge is -2.17.